The third kappa shape index (κ3) is 2.21. The van der Waals surface area contributed by atoms with Gasteiger partial charge in [0.25, 0.3) is 0 Å². The lowest BCUT2D eigenvalue weighted by Crippen LogP contribution is -2.04. The van der Waals surface area contributed by atoms with E-state index in [-0.39, 0.29) is 6.10 Å². The molecule has 0 saturated carbocycles. The third-order valence-electron chi connectivity index (χ3n) is 3.64. The molecule has 0 aromatic heterocycles. The highest BCUT2D eigenvalue weighted by Crippen LogP contribution is 2.38. The monoisotopic (exact) mass is 265 g/mol. The molecule has 1 aliphatic rings. The summed E-state index contributed by atoms with van der Waals surface area (Å²) < 4.78 is 11.4. The largest absolute Gasteiger partial charge is 0.493 e. The first-order valence-corrected chi connectivity index (χ1v) is 6.64. The van der Waals surface area contributed by atoms with Gasteiger partial charge in [0, 0.05) is 6.07 Å². The summed E-state index contributed by atoms with van der Waals surface area (Å²) in [6, 6.07) is 15.7. The summed E-state index contributed by atoms with van der Waals surface area (Å²) in [5.74, 6) is 1.29. The molecule has 0 unspecified atom stereocenters. The Morgan fingerprint density at radius 3 is 2.80 bits per heavy atom. The van der Waals surface area contributed by atoms with Gasteiger partial charge >= 0.3 is 0 Å². The van der Waals surface area contributed by atoms with E-state index >= 15 is 0 Å². The van der Waals surface area contributed by atoms with Gasteiger partial charge in [0.05, 0.1) is 18.7 Å². The van der Waals surface area contributed by atoms with Crippen molar-refractivity contribution in [2.75, 3.05) is 7.11 Å². The van der Waals surface area contributed by atoms with Crippen molar-refractivity contribution in [1.29, 1.82) is 5.26 Å². The lowest BCUT2D eigenvalue weighted by atomic mass is 10.1. The van der Waals surface area contributed by atoms with Crippen LogP contribution in [0, 0.1) is 11.3 Å². The normalized spacial score (nSPS) is 16.3. The van der Waals surface area contributed by atoms with E-state index in [1.165, 1.54) is 11.1 Å². The van der Waals surface area contributed by atoms with Gasteiger partial charge in [0.2, 0.25) is 0 Å². The van der Waals surface area contributed by atoms with Crippen LogP contribution in [0.4, 0.5) is 0 Å². The number of methoxy groups -OCH3 is 1. The number of nitriles is 1. The molecule has 0 saturated heterocycles. The number of fused-ring (bicyclic) bond motifs is 1. The molecule has 2 aromatic carbocycles. The minimum atomic E-state index is 0.0630. The smallest absolute Gasteiger partial charge is 0.162 e. The highest BCUT2D eigenvalue weighted by atomic mass is 16.5. The third-order valence-corrected chi connectivity index (χ3v) is 3.64. The second-order valence-electron chi connectivity index (χ2n) is 4.82. The summed E-state index contributed by atoms with van der Waals surface area (Å²) in [6.07, 6.45) is 2.08. The molecule has 0 spiro atoms. The van der Waals surface area contributed by atoms with Crippen LogP contribution in [-0.4, -0.2) is 7.11 Å². The Balaban J connectivity index is 1.88. The second kappa shape index (κ2) is 5.26. The number of hydrogen-bond acceptors (Lipinski definition) is 3. The van der Waals surface area contributed by atoms with E-state index in [9.17, 15) is 0 Å². The van der Waals surface area contributed by atoms with Gasteiger partial charge in [-0.05, 0) is 36.1 Å². The van der Waals surface area contributed by atoms with Crippen molar-refractivity contribution in [2.45, 2.75) is 18.9 Å². The van der Waals surface area contributed by atoms with Crippen LogP contribution < -0.4 is 9.47 Å². The fourth-order valence-electron chi connectivity index (χ4n) is 2.63. The predicted molar refractivity (Wildman–Crippen MR) is 75.8 cm³/mol. The quantitative estimate of drug-likeness (QED) is 0.851. The standard InChI is InChI=1S/C17H15NO2/c1-19-17-10-12(11-18)6-8-16(17)20-15-9-7-13-4-2-3-5-14(13)15/h2-6,8,10,15H,7,9H2,1H3/t15-/m0/s1. The lowest BCUT2D eigenvalue weighted by molar-refractivity contribution is 0.198. The van der Waals surface area contributed by atoms with E-state index in [1.54, 1.807) is 25.3 Å². The Morgan fingerprint density at radius 1 is 1.15 bits per heavy atom. The van der Waals surface area contributed by atoms with E-state index in [2.05, 4.69) is 24.3 Å². The second-order valence-corrected chi connectivity index (χ2v) is 4.82. The van der Waals surface area contributed by atoms with Gasteiger partial charge < -0.3 is 9.47 Å². The van der Waals surface area contributed by atoms with Gasteiger partial charge in [-0.1, -0.05) is 24.3 Å². The van der Waals surface area contributed by atoms with Gasteiger partial charge in [-0.15, -0.1) is 0 Å². The van der Waals surface area contributed by atoms with E-state index in [0.29, 0.717) is 17.1 Å². The molecule has 3 heteroatoms. The van der Waals surface area contributed by atoms with Gasteiger partial charge in [-0.2, -0.15) is 5.26 Å². The maximum absolute atomic E-state index is 8.92. The number of nitrogens with zero attached hydrogens (tertiary/aromatic N) is 1. The molecule has 0 heterocycles. The Bertz CT molecular complexity index is 673. The Hall–Kier alpha value is -2.47. The number of ether oxygens (including phenoxy) is 2. The molecule has 1 aliphatic carbocycles. The van der Waals surface area contributed by atoms with Crippen LogP contribution in [0.15, 0.2) is 42.5 Å². The summed E-state index contributed by atoms with van der Waals surface area (Å²) >= 11 is 0. The minimum Gasteiger partial charge on any atom is -0.493 e. The van der Waals surface area contributed by atoms with Crippen molar-refractivity contribution in [1.82, 2.24) is 0 Å². The van der Waals surface area contributed by atoms with Gasteiger partial charge in [0.1, 0.15) is 6.10 Å². The van der Waals surface area contributed by atoms with E-state index in [0.717, 1.165) is 12.8 Å². The first-order valence-electron chi connectivity index (χ1n) is 6.64. The number of benzene rings is 2. The zero-order chi connectivity index (χ0) is 13.9. The maximum atomic E-state index is 8.92. The van der Waals surface area contributed by atoms with Crippen molar-refractivity contribution in [2.24, 2.45) is 0 Å². The first-order chi connectivity index (χ1) is 9.81. The van der Waals surface area contributed by atoms with Gasteiger partial charge in [-0.25, -0.2) is 0 Å². The van der Waals surface area contributed by atoms with Crippen LogP contribution in [0.5, 0.6) is 11.5 Å². The zero-order valence-corrected chi connectivity index (χ0v) is 11.3. The topological polar surface area (TPSA) is 42.2 Å². The molecule has 0 aliphatic heterocycles. The number of rotatable bonds is 3. The number of hydrogen-bond donors (Lipinski definition) is 0. The van der Waals surface area contributed by atoms with Crippen LogP contribution in [0.25, 0.3) is 0 Å². The molecule has 0 radical (unpaired) electrons. The summed E-state index contributed by atoms with van der Waals surface area (Å²) in [7, 11) is 1.59. The Morgan fingerprint density at radius 2 is 2.00 bits per heavy atom. The van der Waals surface area contributed by atoms with Crippen LogP contribution in [0.2, 0.25) is 0 Å². The van der Waals surface area contributed by atoms with Crippen LogP contribution in [0.3, 0.4) is 0 Å². The highest BCUT2D eigenvalue weighted by molar-refractivity contribution is 5.47. The molecule has 0 N–H and O–H groups in total. The SMILES string of the molecule is COc1cc(C#N)ccc1O[C@H]1CCc2ccccc21. The van der Waals surface area contributed by atoms with Crippen molar-refractivity contribution >= 4 is 0 Å². The van der Waals surface area contributed by atoms with Crippen molar-refractivity contribution < 1.29 is 9.47 Å². The predicted octanol–water partition coefficient (Wildman–Crippen LogP) is 3.63. The summed E-state index contributed by atoms with van der Waals surface area (Å²) in [5.41, 5.74) is 3.17. The molecule has 0 fully saturated rings. The fourth-order valence-corrected chi connectivity index (χ4v) is 2.63. The minimum absolute atomic E-state index is 0.0630. The van der Waals surface area contributed by atoms with Gasteiger partial charge in [0.15, 0.2) is 11.5 Å². The molecule has 20 heavy (non-hydrogen) atoms. The summed E-state index contributed by atoms with van der Waals surface area (Å²) in [5, 5.41) is 8.92. The molecular weight excluding hydrogens is 250 g/mol. The highest BCUT2D eigenvalue weighted by Gasteiger charge is 2.24. The summed E-state index contributed by atoms with van der Waals surface area (Å²) in [4.78, 5) is 0. The average molecular weight is 265 g/mol. The van der Waals surface area contributed by atoms with Gasteiger partial charge in [-0.3, -0.25) is 0 Å². The Kier molecular flexibility index (Phi) is 3.30. The molecule has 0 amide bonds. The van der Waals surface area contributed by atoms with Crippen LogP contribution in [0.1, 0.15) is 29.2 Å². The average Bonchev–Trinajstić information content (AvgIpc) is 2.91. The fraction of sp³-hybridized carbons (Fsp3) is 0.235. The van der Waals surface area contributed by atoms with Crippen LogP contribution >= 0.6 is 0 Å². The first kappa shape index (κ1) is 12.6. The molecule has 3 nitrogen and oxygen atoms in total. The molecule has 0 bridgehead atoms. The zero-order valence-electron chi connectivity index (χ0n) is 11.3. The molecule has 100 valence electrons. The number of aryl methyl sites for hydroxylation is 1. The van der Waals surface area contributed by atoms with E-state index in [1.807, 2.05) is 6.07 Å². The van der Waals surface area contributed by atoms with Crippen molar-refractivity contribution in [3.8, 4) is 17.6 Å². The van der Waals surface area contributed by atoms with Crippen molar-refractivity contribution in [3.05, 3.63) is 59.2 Å². The van der Waals surface area contributed by atoms with Crippen LogP contribution in [-0.2, 0) is 6.42 Å². The summed E-state index contributed by atoms with van der Waals surface area (Å²) in [6.45, 7) is 0. The molecular formula is C17H15NO2. The molecule has 2 aromatic rings. The maximum Gasteiger partial charge on any atom is 0.162 e. The Labute approximate surface area is 118 Å². The molecule has 1 atom stereocenters. The van der Waals surface area contributed by atoms with Crippen molar-refractivity contribution in [3.63, 3.8) is 0 Å². The van der Waals surface area contributed by atoms with E-state index in [4.69, 9.17) is 14.7 Å². The lowest BCUT2D eigenvalue weighted by Gasteiger charge is -2.17. The molecule has 3 rings (SSSR count). The van der Waals surface area contributed by atoms with E-state index < -0.39 is 0 Å².